The van der Waals surface area contributed by atoms with Gasteiger partial charge in [-0.15, -0.1) is 0 Å². The van der Waals surface area contributed by atoms with Gasteiger partial charge in [-0.1, -0.05) is 18.2 Å². The Kier molecular flexibility index (Phi) is 9.41. The predicted octanol–water partition coefficient (Wildman–Crippen LogP) is 3.80. The van der Waals surface area contributed by atoms with Gasteiger partial charge in [0.15, 0.2) is 17.5 Å². The molecule has 6 heterocycles. The fourth-order valence-corrected chi connectivity index (χ4v) is 2.68. The zero-order valence-electron chi connectivity index (χ0n) is 18.0. The van der Waals surface area contributed by atoms with Gasteiger partial charge in [-0.2, -0.15) is 15.3 Å². The number of hydrogen-bond donors (Lipinski definition) is 0. The molecule has 0 unspecified atom stereocenters. The first-order valence-electron chi connectivity index (χ1n) is 10.1. The van der Waals surface area contributed by atoms with Crippen LogP contribution in [0.1, 0.15) is 0 Å². The van der Waals surface area contributed by atoms with E-state index in [1.54, 1.807) is 51.2 Å². The fraction of sp³-hybridized carbons (Fsp3) is 0. The molecule has 9 nitrogen and oxygen atoms in total. The summed E-state index contributed by atoms with van der Waals surface area (Å²) in [5.74, 6) is 2.53. The van der Waals surface area contributed by atoms with Crippen LogP contribution < -0.4 is 0 Å². The van der Waals surface area contributed by atoms with E-state index in [1.807, 2.05) is 91.4 Å². The summed E-state index contributed by atoms with van der Waals surface area (Å²) in [5.41, 5.74) is 0. The molecule has 0 saturated carbocycles. The first-order valence-corrected chi connectivity index (χ1v) is 10.1. The molecule has 6 aromatic heterocycles. The van der Waals surface area contributed by atoms with Gasteiger partial charge in [-0.05, 0) is 54.6 Å². The van der Waals surface area contributed by atoms with Gasteiger partial charge in [0, 0.05) is 55.8 Å². The Morgan fingerprint density at radius 2 is 0.706 bits per heavy atom. The predicted molar refractivity (Wildman–Crippen MR) is 124 cm³/mol. The molecule has 0 atom stereocenters. The quantitative estimate of drug-likeness (QED) is 0.372. The molecule has 0 spiro atoms. The van der Waals surface area contributed by atoms with Crippen LogP contribution in [0.25, 0.3) is 17.5 Å². The first-order chi connectivity index (χ1) is 16.4. The van der Waals surface area contributed by atoms with E-state index in [1.165, 1.54) is 0 Å². The van der Waals surface area contributed by atoms with Crippen molar-refractivity contribution in [1.82, 2.24) is 44.3 Å². The van der Waals surface area contributed by atoms with Gasteiger partial charge in [0.2, 0.25) is 0 Å². The van der Waals surface area contributed by atoms with E-state index in [0.29, 0.717) is 0 Å². The van der Waals surface area contributed by atoms with Crippen molar-refractivity contribution in [3.05, 3.63) is 129 Å². The van der Waals surface area contributed by atoms with Crippen molar-refractivity contribution in [2.24, 2.45) is 0 Å². The van der Waals surface area contributed by atoms with Crippen molar-refractivity contribution in [2.75, 3.05) is 0 Å². The third-order valence-electron chi connectivity index (χ3n) is 4.17. The average molecular weight is 494 g/mol. The minimum Gasteiger partial charge on any atom is -0.237 e. The molecule has 0 radical (unpaired) electrons. The van der Waals surface area contributed by atoms with Crippen molar-refractivity contribution in [1.29, 1.82) is 0 Å². The summed E-state index contributed by atoms with van der Waals surface area (Å²) < 4.78 is 5.17. The number of aromatic nitrogens is 9. The second kappa shape index (κ2) is 13.2. The molecule has 0 aliphatic heterocycles. The second-order valence-electron chi connectivity index (χ2n) is 6.42. The monoisotopic (exact) mass is 494 g/mol. The Morgan fingerprint density at radius 1 is 0.382 bits per heavy atom. The Bertz CT molecular complexity index is 1110. The smallest absolute Gasteiger partial charge is 0.237 e. The van der Waals surface area contributed by atoms with Crippen LogP contribution in [0, 0.1) is 0 Å². The number of rotatable bonds is 3. The van der Waals surface area contributed by atoms with Crippen molar-refractivity contribution in [3.63, 3.8) is 0 Å². The van der Waals surface area contributed by atoms with Crippen molar-refractivity contribution >= 4 is 0 Å². The number of pyridine rings is 3. The summed E-state index contributed by atoms with van der Waals surface area (Å²) >= 11 is 0. The summed E-state index contributed by atoms with van der Waals surface area (Å²) in [6.45, 7) is 0. The molecule has 0 amide bonds. The Balaban J connectivity index is 0.000000141. The third kappa shape index (κ3) is 7.05. The van der Waals surface area contributed by atoms with Crippen LogP contribution in [0.15, 0.2) is 129 Å². The second-order valence-corrected chi connectivity index (χ2v) is 6.42. The maximum Gasteiger partial charge on any atom is 3.00 e. The zero-order valence-corrected chi connectivity index (χ0v) is 19.0. The van der Waals surface area contributed by atoms with E-state index in [4.69, 9.17) is 0 Å². The van der Waals surface area contributed by atoms with Gasteiger partial charge in [0.1, 0.15) is 0 Å². The molecule has 6 aromatic rings. The molecule has 34 heavy (non-hydrogen) atoms. The van der Waals surface area contributed by atoms with E-state index < -0.39 is 0 Å². The summed E-state index contributed by atoms with van der Waals surface area (Å²) in [6, 6.07) is 22.8. The third-order valence-corrected chi connectivity index (χ3v) is 4.17. The molecule has 0 aliphatic rings. The Hall–Kier alpha value is -4.41. The van der Waals surface area contributed by atoms with Crippen LogP contribution in [0.3, 0.4) is 0 Å². The van der Waals surface area contributed by atoms with E-state index in [-0.39, 0.29) is 16.8 Å². The van der Waals surface area contributed by atoms with E-state index >= 15 is 0 Å². The largest absolute Gasteiger partial charge is 3.00 e. The van der Waals surface area contributed by atoms with Crippen LogP contribution in [-0.2, 0) is 16.8 Å². The number of nitrogens with zero attached hydrogens (tertiary/aromatic N) is 9. The average Bonchev–Trinajstić information content (AvgIpc) is 3.70. The van der Waals surface area contributed by atoms with Crippen LogP contribution in [0.4, 0.5) is 0 Å². The molecule has 0 bridgehead atoms. The van der Waals surface area contributed by atoms with Gasteiger partial charge >= 0.3 is 16.8 Å². The normalized spacial score (nSPS) is 9.53. The van der Waals surface area contributed by atoms with Crippen LogP contribution in [-0.4, -0.2) is 44.3 Å². The molecule has 0 aliphatic carbocycles. The van der Waals surface area contributed by atoms with Crippen LogP contribution in [0.2, 0.25) is 0 Å². The molecular weight excluding hydrogens is 473 g/mol. The van der Waals surface area contributed by atoms with Gasteiger partial charge in [-0.3, -0.25) is 0 Å². The van der Waals surface area contributed by atoms with Gasteiger partial charge in [0.25, 0.3) is 0 Å². The molecule has 0 saturated heterocycles. The van der Waals surface area contributed by atoms with E-state index in [9.17, 15) is 0 Å². The Morgan fingerprint density at radius 3 is 0.912 bits per heavy atom. The number of hydrogen-bond acceptors (Lipinski definition) is 6. The van der Waals surface area contributed by atoms with Crippen LogP contribution in [0.5, 0.6) is 0 Å². The molecule has 0 N–H and O–H groups in total. The van der Waals surface area contributed by atoms with Gasteiger partial charge < -0.3 is 0 Å². The minimum absolute atomic E-state index is 0. The Labute approximate surface area is 207 Å². The zero-order chi connectivity index (χ0) is 22.6. The molecular formula is C24H21CoN9+3. The standard InChI is InChI=1S/3C8H7N3.Co/c3*1-2-5-9-8(4-1)11-7-3-6-10-11;/h3*1-7H;/q;;;+3. The molecule has 168 valence electrons. The fourth-order valence-electron chi connectivity index (χ4n) is 2.68. The molecule has 0 fully saturated rings. The maximum absolute atomic E-state index is 4.12. The molecule has 10 heteroatoms. The van der Waals surface area contributed by atoms with E-state index in [0.717, 1.165) is 17.5 Å². The van der Waals surface area contributed by atoms with Crippen molar-refractivity contribution in [2.45, 2.75) is 0 Å². The summed E-state index contributed by atoms with van der Waals surface area (Å²) in [4.78, 5) is 12.4. The molecule has 6 rings (SSSR count). The van der Waals surface area contributed by atoms with Crippen molar-refractivity contribution < 1.29 is 16.8 Å². The van der Waals surface area contributed by atoms with Crippen LogP contribution >= 0.6 is 0 Å². The van der Waals surface area contributed by atoms with Crippen molar-refractivity contribution in [3.8, 4) is 17.5 Å². The van der Waals surface area contributed by atoms with Gasteiger partial charge in [0.05, 0.1) is 0 Å². The maximum atomic E-state index is 4.12. The molecule has 0 aromatic carbocycles. The summed E-state index contributed by atoms with van der Waals surface area (Å²) in [6.07, 6.45) is 16.0. The van der Waals surface area contributed by atoms with E-state index in [2.05, 4.69) is 30.2 Å². The minimum atomic E-state index is 0. The topological polar surface area (TPSA) is 92.1 Å². The van der Waals surface area contributed by atoms with Gasteiger partial charge in [-0.25, -0.2) is 29.0 Å². The summed E-state index contributed by atoms with van der Waals surface area (Å²) in [5, 5.41) is 12.1. The summed E-state index contributed by atoms with van der Waals surface area (Å²) in [7, 11) is 0. The first kappa shape index (κ1) is 24.2. The SMILES string of the molecule is [Co+3].c1ccc(-n2cccn2)nc1.c1ccc(-n2cccn2)nc1.c1ccc(-n2cccn2)nc1.